The van der Waals surface area contributed by atoms with Crippen molar-refractivity contribution in [1.29, 1.82) is 0 Å². The first-order chi connectivity index (χ1) is 7.54. The molecule has 2 heterocycles. The first kappa shape index (κ1) is 11.8. The van der Waals surface area contributed by atoms with E-state index in [0.717, 1.165) is 23.1 Å². The molecule has 1 aliphatic rings. The molecule has 0 radical (unpaired) electrons. The van der Waals surface area contributed by atoms with Gasteiger partial charge in [-0.05, 0) is 31.9 Å². The molecule has 1 unspecified atom stereocenters. The van der Waals surface area contributed by atoms with Crippen molar-refractivity contribution in [2.75, 3.05) is 6.54 Å². The molecule has 3 nitrogen and oxygen atoms in total. The number of sulfonamides is 1. The Kier molecular flexibility index (Phi) is 3.19. The van der Waals surface area contributed by atoms with Crippen LogP contribution in [0.3, 0.4) is 0 Å². The molecule has 5 heteroatoms. The summed E-state index contributed by atoms with van der Waals surface area (Å²) in [4.78, 5) is 2.36. The molecule has 0 spiro atoms. The number of aryl methyl sites for hydroxylation is 1. The molecular weight excluding hydrogens is 242 g/mol. The van der Waals surface area contributed by atoms with Crippen LogP contribution in [0.15, 0.2) is 24.1 Å². The van der Waals surface area contributed by atoms with Gasteiger partial charge in [-0.1, -0.05) is 6.58 Å². The number of thiophene rings is 1. The highest BCUT2D eigenvalue weighted by molar-refractivity contribution is 7.92. The molecule has 16 heavy (non-hydrogen) atoms. The first-order valence-electron chi connectivity index (χ1n) is 5.25. The van der Waals surface area contributed by atoms with Gasteiger partial charge in [0.15, 0.2) is 0 Å². The Morgan fingerprint density at radius 2 is 2.31 bits per heavy atom. The van der Waals surface area contributed by atoms with Crippen LogP contribution < -0.4 is 0 Å². The molecular formula is C11H15NO2S2. The van der Waals surface area contributed by atoms with Gasteiger partial charge in [0.05, 0.1) is 6.04 Å². The van der Waals surface area contributed by atoms with Gasteiger partial charge >= 0.3 is 0 Å². The summed E-state index contributed by atoms with van der Waals surface area (Å²) < 4.78 is 25.2. The van der Waals surface area contributed by atoms with Gasteiger partial charge in [0.2, 0.25) is 10.0 Å². The van der Waals surface area contributed by atoms with E-state index in [1.54, 1.807) is 15.6 Å². The second-order valence-corrected chi connectivity index (χ2v) is 7.08. The fourth-order valence-corrected chi connectivity index (χ4v) is 4.30. The van der Waals surface area contributed by atoms with Gasteiger partial charge < -0.3 is 0 Å². The maximum Gasteiger partial charge on any atom is 0.236 e. The van der Waals surface area contributed by atoms with E-state index >= 15 is 0 Å². The van der Waals surface area contributed by atoms with E-state index in [0.29, 0.717) is 6.54 Å². The summed E-state index contributed by atoms with van der Waals surface area (Å²) in [5.74, 6) is 0. The Morgan fingerprint density at radius 1 is 1.56 bits per heavy atom. The third kappa shape index (κ3) is 2.07. The predicted molar refractivity (Wildman–Crippen MR) is 66.9 cm³/mol. The van der Waals surface area contributed by atoms with Crippen molar-refractivity contribution in [3.05, 3.63) is 33.9 Å². The van der Waals surface area contributed by atoms with E-state index in [2.05, 4.69) is 6.58 Å². The Labute approximate surface area is 100 Å². The van der Waals surface area contributed by atoms with Crippen LogP contribution in [0.25, 0.3) is 0 Å². The second-order valence-electron chi connectivity index (χ2n) is 3.93. The summed E-state index contributed by atoms with van der Waals surface area (Å²) in [6.07, 6.45) is 1.84. The number of hydrogen-bond acceptors (Lipinski definition) is 3. The Hall–Kier alpha value is -0.650. The van der Waals surface area contributed by atoms with Crippen molar-refractivity contribution >= 4 is 21.4 Å². The van der Waals surface area contributed by atoms with Crippen molar-refractivity contribution in [1.82, 2.24) is 4.31 Å². The molecule has 1 aromatic rings. The van der Waals surface area contributed by atoms with Crippen LogP contribution in [0.5, 0.6) is 0 Å². The van der Waals surface area contributed by atoms with E-state index in [4.69, 9.17) is 0 Å². The zero-order chi connectivity index (χ0) is 11.8. The van der Waals surface area contributed by atoms with Gasteiger partial charge in [-0.3, -0.25) is 0 Å². The highest BCUT2D eigenvalue weighted by Gasteiger charge is 2.34. The number of nitrogens with zero attached hydrogens (tertiary/aromatic N) is 1. The van der Waals surface area contributed by atoms with Crippen LogP contribution >= 0.6 is 11.3 Å². The molecule has 1 aliphatic heterocycles. The topological polar surface area (TPSA) is 37.4 Å². The molecule has 0 saturated carbocycles. The summed E-state index contributed by atoms with van der Waals surface area (Å²) in [5, 5.41) is 1.05. The fraction of sp³-hybridized carbons (Fsp3) is 0.455. The standard InChI is InChI=1S/C11H15NO2S2/c1-3-16(13,14)12-8-4-5-10(12)11-7-6-9(2)15-11/h3,6-7,10H,1,4-5,8H2,2H3. The highest BCUT2D eigenvalue weighted by Crippen LogP contribution is 2.37. The minimum absolute atomic E-state index is 0.0155. The van der Waals surface area contributed by atoms with E-state index in [9.17, 15) is 8.42 Å². The van der Waals surface area contributed by atoms with Gasteiger partial charge in [-0.2, -0.15) is 4.31 Å². The Balaban J connectivity index is 2.32. The zero-order valence-electron chi connectivity index (χ0n) is 9.22. The minimum Gasteiger partial charge on any atom is -0.208 e. The van der Waals surface area contributed by atoms with E-state index in [-0.39, 0.29) is 6.04 Å². The van der Waals surface area contributed by atoms with Crippen LogP contribution in [0.1, 0.15) is 28.6 Å². The van der Waals surface area contributed by atoms with Crippen LogP contribution in [-0.2, 0) is 10.0 Å². The van der Waals surface area contributed by atoms with Gasteiger partial charge in [0.25, 0.3) is 0 Å². The van der Waals surface area contributed by atoms with Crippen LogP contribution in [-0.4, -0.2) is 19.3 Å². The van der Waals surface area contributed by atoms with Gasteiger partial charge in [-0.15, -0.1) is 11.3 Å². The lowest BCUT2D eigenvalue weighted by molar-refractivity contribution is 0.407. The van der Waals surface area contributed by atoms with Gasteiger partial charge in [0.1, 0.15) is 0 Å². The zero-order valence-corrected chi connectivity index (χ0v) is 10.9. The van der Waals surface area contributed by atoms with Gasteiger partial charge in [0, 0.05) is 21.7 Å². The summed E-state index contributed by atoms with van der Waals surface area (Å²) in [7, 11) is -3.28. The van der Waals surface area contributed by atoms with Gasteiger partial charge in [-0.25, -0.2) is 8.42 Å². The van der Waals surface area contributed by atoms with Crippen molar-refractivity contribution in [2.24, 2.45) is 0 Å². The summed E-state index contributed by atoms with van der Waals surface area (Å²) >= 11 is 1.67. The van der Waals surface area contributed by atoms with E-state index in [1.165, 1.54) is 4.88 Å². The first-order valence-corrected chi connectivity index (χ1v) is 7.57. The molecule has 1 aromatic heterocycles. The lowest BCUT2D eigenvalue weighted by Gasteiger charge is -2.21. The third-order valence-electron chi connectivity index (χ3n) is 2.83. The van der Waals surface area contributed by atoms with Crippen molar-refractivity contribution in [3.63, 3.8) is 0 Å². The average Bonchev–Trinajstić information content (AvgIpc) is 2.85. The van der Waals surface area contributed by atoms with Crippen molar-refractivity contribution < 1.29 is 8.42 Å². The van der Waals surface area contributed by atoms with Crippen LogP contribution in [0.4, 0.5) is 0 Å². The SMILES string of the molecule is C=CS(=O)(=O)N1CCCC1c1ccc(C)s1. The molecule has 1 atom stereocenters. The molecule has 2 rings (SSSR count). The average molecular weight is 257 g/mol. The highest BCUT2D eigenvalue weighted by atomic mass is 32.2. The predicted octanol–water partition coefficient (Wildman–Crippen LogP) is 2.67. The Bertz CT molecular complexity index is 490. The fourth-order valence-electron chi connectivity index (χ4n) is 2.06. The molecule has 0 bridgehead atoms. The van der Waals surface area contributed by atoms with Crippen LogP contribution in [0, 0.1) is 6.92 Å². The smallest absolute Gasteiger partial charge is 0.208 e. The maximum absolute atomic E-state index is 11.8. The molecule has 0 amide bonds. The molecule has 88 valence electrons. The Morgan fingerprint density at radius 3 is 2.88 bits per heavy atom. The van der Waals surface area contributed by atoms with Crippen molar-refractivity contribution in [2.45, 2.75) is 25.8 Å². The molecule has 1 fully saturated rings. The van der Waals surface area contributed by atoms with E-state index in [1.807, 2.05) is 19.1 Å². The molecule has 0 aromatic carbocycles. The largest absolute Gasteiger partial charge is 0.236 e. The quantitative estimate of drug-likeness (QED) is 0.835. The molecule has 0 aliphatic carbocycles. The monoisotopic (exact) mass is 257 g/mol. The lowest BCUT2D eigenvalue weighted by Crippen LogP contribution is -2.28. The minimum atomic E-state index is -3.28. The van der Waals surface area contributed by atoms with E-state index < -0.39 is 10.0 Å². The normalized spacial score (nSPS) is 22.4. The van der Waals surface area contributed by atoms with Crippen molar-refractivity contribution in [3.8, 4) is 0 Å². The summed E-state index contributed by atoms with van der Waals surface area (Å²) in [5.41, 5.74) is 0. The van der Waals surface area contributed by atoms with Crippen LogP contribution in [0.2, 0.25) is 0 Å². The molecule has 1 saturated heterocycles. The lowest BCUT2D eigenvalue weighted by atomic mass is 10.2. The molecule has 0 N–H and O–H groups in total. The summed E-state index contributed by atoms with van der Waals surface area (Å²) in [6, 6.07) is 4.08. The second kappa shape index (κ2) is 4.31. The maximum atomic E-state index is 11.8. The summed E-state index contributed by atoms with van der Waals surface area (Å²) in [6.45, 7) is 6.03. The number of rotatable bonds is 3. The number of hydrogen-bond donors (Lipinski definition) is 0. The third-order valence-corrected chi connectivity index (χ3v) is 5.44.